The summed E-state index contributed by atoms with van der Waals surface area (Å²) < 4.78 is 24.4. The van der Waals surface area contributed by atoms with Crippen molar-refractivity contribution in [1.82, 2.24) is 0 Å². The Morgan fingerprint density at radius 3 is 1.22 bits per heavy atom. The minimum atomic E-state index is -0.922. The molecule has 306 valence electrons. The molecule has 0 radical (unpaired) electrons. The third kappa shape index (κ3) is 13.0. The molecule has 0 N–H and O–H groups in total. The molecule has 0 amide bonds. The highest BCUT2D eigenvalue weighted by Gasteiger charge is 2.33. The van der Waals surface area contributed by atoms with Gasteiger partial charge in [-0.25, -0.2) is 9.59 Å². The van der Waals surface area contributed by atoms with Crippen molar-refractivity contribution in [2.75, 3.05) is 13.2 Å². The molecule has 0 aromatic heterocycles. The van der Waals surface area contributed by atoms with E-state index < -0.39 is 24.1 Å². The lowest BCUT2D eigenvalue weighted by atomic mass is 9.80. The smallest absolute Gasteiger partial charge is 0.338 e. The van der Waals surface area contributed by atoms with Crippen LogP contribution in [0, 0.1) is 23.7 Å². The topological polar surface area (TPSA) is 71.1 Å². The summed E-state index contributed by atoms with van der Waals surface area (Å²) in [7, 11) is 0. The van der Waals surface area contributed by atoms with Gasteiger partial charge >= 0.3 is 11.9 Å². The zero-order chi connectivity index (χ0) is 40.4. The Bertz CT molecular complexity index is 1710. The normalized spacial score (nSPS) is 20.7. The van der Waals surface area contributed by atoms with E-state index in [1.807, 2.05) is 60.7 Å². The van der Waals surface area contributed by atoms with Gasteiger partial charge in [-0.1, -0.05) is 124 Å². The van der Waals surface area contributed by atoms with Crippen molar-refractivity contribution in [1.29, 1.82) is 0 Å². The molecule has 0 bridgehead atoms. The van der Waals surface area contributed by atoms with Crippen LogP contribution < -0.4 is 9.47 Å². The van der Waals surface area contributed by atoms with E-state index in [1.54, 1.807) is 48.5 Å². The van der Waals surface area contributed by atoms with Crippen LogP contribution in [0.2, 0.25) is 0 Å². The van der Waals surface area contributed by atoms with Crippen molar-refractivity contribution in [2.45, 2.75) is 103 Å². The molecule has 4 aromatic carbocycles. The Balaban J connectivity index is 1.06. The van der Waals surface area contributed by atoms with Gasteiger partial charge < -0.3 is 18.9 Å². The summed E-state index contributed by atoms with van der Waals surface area (Å²) in [4.78, 5) is 27.5. The van der Waals surface area contributed by atoms with E-state index in [2.05, 4.69) is 38.2 Å². The summed E-state index contributed by atoms with van der Waals surface area (Å²) in [5, 5.41) is 0. The lowest BCUT2D eigenvalue weighted by Crippen LogP contribution is -2.23. The number of carbonyl (C=O) groups is 2. The molecule has 2 atom stereocenters. The minimum Gasteiger partial charge on any atom is -0.490 e. The fraction of sp³-hybridized carbons (Fsp3) is 0.423. The Morgan fingerprint density at radius 2 is 0.879 bits per heavy atom. The number of benzene rings is 4. The molecule has 2 saturated carbocycles. The van der Waals surface area contributed by atoms with E-state index in [9.17, 15) is 9.59 Å². The maximum Gasteiger partial charge on any atom is 0.338 e. The molecule has 0 spiro atoms. The van der Waals surface area contributed by atoms with Gasteiger partial charge in [0.1, 0.15) is 24.7 Å². The van der Waals surface area contributed by atoms with Crippen LogP contribution in [0.3, 0.4) is 0 Å². The fourth-order valence-electron chi connectivity index (χ4n) is 8.58. The predicted octanol–water partition coefficient (Wildman–Crippen LogP) is 13.3. The van der Waals surface area contributed by atoms with Crippen molar-refractivity contribution in [2.24, 2.45) is 23.7 Å². The van der Waals surface area contributed by atoms with E-state index >= 15 is 0 Å². The summed E-state index contributed by atoms with van der Waals surface area (Å²) in [6, 6.07) is 32.8. The number of ether oxygens (including phenoxy) is 4. The van der Waals surface area contributed by atoms with Gasteiger partial charge in [-0.3, -0.25) is 0 Å². The first-order valence-electron chi connectivity index (χ1n) is 21.8. The SMILES string of the molecule is CCCC1CCC(/C=C/COc2ccc(C(=O)O[C@H](c3ccccc3)[C@H](OC(=O)c3ccc(OC/C=C/C4CCC(CCC)CC4)cc3)c3ccccc3)cc2)CC1. The quantitative estimate of drug-likeness (QED) is 0.0697. The van der Waals surface area contributed by atoms with Crippen molar-refractivity contribution < 1.29 is 28.5 Å². The van der Waals surface area contributed by atoms with Gasteiger partial charge in [0.15, 0.2) is 12.2 Å². The Labute approximate surface area is 346 Å². The first kappa shape index (κ1) is 42.5. The second-order valence-electron chi connectivity index (χ2n) is 16.1. The minimum absolute atomic E-state index is 0.371. The summed E-state index contributed by atoms with van der Waals surface area (Å²) in [5.41, 5.74) is 2.15. The molecule has 2 aliphatic carbocycles. The van der Waals surface area contributed by atoms with Crippen molar-refractivity contribution in [3.8, 4) is 11.5 Å². The summed E-state index contributed by atoms with van der Waals surface area (Å²) in [5.74, 6) is 3.34. The maximum absolute atomic E-state index is 13.8. The Morgan fingerprint density at radius 1 is 0.517 bits per heavy atom. The average molecular weight is 783 g/mol. The zero-order valence-electron chi connectivity index (χ0n) is 34.5. The van der Waals surface area contributed by atoms with Crippen LogP contribution in [0.15, 0.2) is 133 Å². The maximum atomic E-state index is 13.8. The van der Waals surface area contributed by atoms with Crippen LogP contribution in [-0.4, -0.2) is 25.2 Å². The molecule has 0 saturated heterocycles. The van der Waals surface area contributed by atoms with E-state index in [0.717, 1.165) is 11.8 Å². The first-order valence-corrected chi connectivity index (χ1v) is 21.8. The van der Waals surface area contributed by atoms with Gasteiger partial charge in [0.05, 0.1) is 11.1 Å². The molecule has 0 aliphatic heterocycles. The number of hydrogen-bond donors (Lipinski definition) is 0. The highest BCUT2D eigenvalue weighted by atomic mass is 16.6. The molecular formula is C52H62O6. The third-order valence-corrected chi connectivity index (χ3v) is 11.9. The van der Waals surface area contributed by atoms with Crippen LogP contribution in [-0.2, 0) is 9.47 Å². The van der Waals surface area contributed by atoms with Gasteiger partial charge in [0.2, 0.25) is 0 Å². The molecule has 6 nitrogen and oxygen atoms in total. The molecule has 4 aromatic rings. The van der Waals surface area contributed by atoms with Crippen LogP contribution >= 0.6 is 0 Å². The highest BCUT2D eigenvalue weighted by Crippen LogP contribution is 2.37. The van der Waals surface area contributed by atoms with Crippen LogP contribution in [0.1, 0.15) is 135 Å². The number of carbonyl (C=O) groups excluding carboxylic acids is 2. The second kappa shape index (κ2) is 22.7. The predicted molar refractivity (Wildman–Crippen MR) is 232 cm³/mol. The monoisotopic (exact) mass is 782 g/mol. The fourth-order valence-corrected chi connectivity index (χ4v) is 8.58. The summed E-state index contributed by atoms with van der Waals surface area (Å²) >= 11 is 0. The van der Waals surface area contributed by atoms with Crippen molar-refractivity contribution >= 4 is 11.9 Å². The van der Waals surface area contributed by atoms with E-state index in [-0.39, 0.29) is 0 Å². The first-order chi connectivity index (χ1) is 28.5. The molecule has 6 heteroatoms. The van der Waals surface area contributed by atoms with Crippen molar-refractivity contribution in [3.63, 3.8) is 0 Å². The average Bonchev–Trinajstić information content (AvgIpc) is 3.27. The van der Waals surface area contributed by atoms with E-state index in [0.29, 0.717) is 58.8 Å². The van der Waals surface area contributed by atoms with Gasteiger partial charge in [-0.2, -0.15) is 0 Å². The van der Waals surface area contributed by atoms with Gasteiger partial charge in [0, 0.05) is 0 Å². The molecular weight excluding hydrogens is 721 g/mol. The standard InChI is InChI=1S/C52H62O6/c1-3-13-39-21-25-41(26-22-39)15-11-37-55-47-33-29-45(30-34-47)51(53)57-49(43-17-7-5-8-18-43)50(44-19-9-6-10-20-44)58-52(54)46-31-35-48(36-32-46)56-38-12-16-42-27-23-40(14-4-2)24-28-42/h5-12,15-20,29-36,39-42,49-50H,3-4,13-14,21-28,37-38H2,1-2H3/b15-11+,16-12+/t39?,40?,41?,42?,49-,50-/m1/s1. The van der Waals surface area contributed by atoms with E-state index in [4.69, 9.17) is 18.9 Å². The number of rotatable bonds is 19. The van der Waals surface area contributed by atoms with Crippen LogP contribution in [0.4, 0.5) is 0 Å². The third-order valence-electron chi connectivity index (χ3n) is 11.9. The number of hydrogen-bond acceptors (Lipinski definition) is 6. The molecule has 2 fully saturated rings. The summed E-state index contributed by atoms with van der Waals surface area (Å²) in [6.07, 6.45) is 22.6. The molecule has 58 heavy (non-hydrogen) atoms. The lowest BCUT2D eigenvalue weighted by molar-refractivity contribution is -0.0388. The Kier molecular flexibility index (Phi) is 16.7. The lowest BCUT2D eigenvalue weighted by Gasteiger charge is -2.28. The van der Waals surface area contributed by atoms with E-state index in [1.165, 1.54) is 77.0 Å². The number of esters is 2. The molecule has 0 heterocycles. The summed E-state index contributed by atoms with van der Waals surface area (Å²) in [6.45, 7) is 5.51. The molecule has 2 aliphatic rings. The van der Waals surface area contributed by atoms with Gasteiger partial charge in [-0.05, 0) is 135 Å². The van der Waals surface area contributed by atoms with Gasteiger partial charge in [-0.15, -0.1) is 0 Å². The second-order valence-corrected chi connectivity index (χ2v) is 16.1. The van der Waals surface area contributed by atoms with Gasteiger partial charge in [0.25, 0.3) is 0 Å². The van der Waals surface area contributed by atoms with Crippen molar-refractivity contribution in [3.05, 3.63) is 156 Å². The molecule has 0 unspecified atom stereocenters. The zero-order valence-corrected chi connectivity index (χ0v) is 34.5. The Hall–Kier alpha value is -5.10. The number of allylic oxidation sites excluding steroid dienone is 2. The highest BCUT2D eigenvalue weighted by molar-refractivity contribution is 5.90. The van der Waals surface area contributed by atoms with Crippen LogP contribution in [0.5, 0.6) is 11.5 Å². The molecule has 6 rings (SSSR count). The van der Waals surface area contributed by atoms with Crippen LogP contribution in [0.25, 0.3) is 0 Å². The largest absolute Gasteiger partial charge is 0.490 e.